The number of nitrogens with one attached hydrogen (secondary N) is 1. The maximum absolute atomic E-state index is 13.4. The molecule has 1 saturated heterocycles. The molecule has 7 nitrogen and oxygen atoms in total. The Balaban J connectivity index is 1.72. The van der Waals surface area contributed by atoms with Crippen molar-refractivity contribution in [2.24, 2.45) is 0 Å². The van der Waals surface area contributed by atoms with Crippen LogP contribution >= 0.6 is 23.2 Å². The number of rotatable bonds is 5. The maximum Gasteiger partial charge on any atom is 0.291 e. The fraction of sp³-hybridized carbons (Fsp3) is 0.286. The Morgan fingerprint density at radius 2 is 1.62 bits per heavy atom. The Morgan fingerprint density at radius 3 is 2.30 bits per heavy atom. The van der Waals surface area contributed by atoms with E-state index in [2.05, 4.69) is 27.2 Å². The number of hydrogen-bond acceptors (Lipinski definition) is 6. The fourth-order valence-electron chi connectivity index (χ4n) is 4.39. The number of hydrogen-bond donors (Lipinski definition) is 1. The van der Waals surface area contributed by atoms with Crippen molar-refractivity contribution in [1.82, 2.24) is 24.8 Å². The number of likely N-dealkylation sites (N-methyl/N-ethyl adjacent to an activating group) is 1. The third-order valence-electron chi connectivity index (χ3n) is 6.38. The first-order chi connectivity index (χ1) is 17.8. The van der Waals surface area contributed by atoms with Crippen LogP contribution in [0.3, 0.4) is 0 Å². The highest BCUT2D eigenvalue weighted by molar-refractivity contribution is 6.33. The van der Waals surface area contributed by atoms with Crippen molar-refractivity contribution in [3.8, 4) is 22.4 Å². The van der Waals surface area contributed by atoms with Gasteiger partial charge in [-0.25, -0.2) is 15.0 Å². The second-order valence-electron chi connectivity index (χ2n) is 9.53. The minimum Gasteiger partial charge on any atom is -0.367 e. The Bertz CT molecular complexity index is 1450. The number of carbonyl (C=O) groups excluding carboxylic acids is 1. The molecule has 37 heavy (non-hydrogen) atoms. The minimum absolute atomic E-state index is 0.0897. The summed E-state index contributed by atoms with van der Waals surface area (Å²) in [5.74, 6) is 0.521. The van der Waals surface area contributed by atoms with Crippen LogP contribution in [0.5, 0.6) is 0 Å². The molecule has 0 radical (unpaired) electrons. The lowest BCUT2D eigenvalue weighted by atomic mass is 9.98. The molecular weight excluding hydrogens is 507 g/mol. The monoisotopic (exact) mass is 534 g/mol. The summed E-state index contributed by atoms with van der Waals surface area (Å²) in [6.07, 6.45) is 0. The fourth-order valence-corrected chi connectivity index (χ4v) is 4.74. The largest absolute Gasteiger partial charge is 0.367 e. The van der Waals surface area contributed by atoms with Crippen molar-refractivity contribution in [1.29, 1.82) is 0 Å². The highest BCUT2D eigenvalue weighted by atomic mass is 35.5. The van der Waals surface area contributed by atoms with Gasteiger partial charge in [0.1, 0.15) is 5.82 Å². The first kappa shape index (κ1) is 25.4. The van der Waals surface area contributed by atoms with Gasteiger partial charge in [-0.2, -0.15) is 0 Å². The summed E-state index contributed by atoms with van der Waals surface area (Å²) in [7, 11) is 2.05. The predicted octanol–water partition coefficient (Wildman–Crippen LogP) is 5.87. The van der Waals surface area contributed by atoms with Gasteiger partial charge in [-0.05, 0) is 50.7 Å². The molecule has 0 aliphatic carbocycles. The average molecular weight is 535 g/mol. The van der Waals surface area contributed by atoms with E-state index in [0.29, 0.717) is 40.3 Å². The summed E-state index contributed by atoms with van der Waals surface area (Å²) < 4.78 is 0. The van der Waals surface area contributed by atoms with Crippen LogP contribution in [0.25, 0.3) is 33.4 Å². The normalized spacial score (nSPS) is 14.4. The number of benzene rings is 2. The lowest BCUT2D eigenvalue weighted by Crippen LogP contribution is -2.47. The molecule has 0 saturated carbocycles. The van der Waals surface area contributed by atoms with Crippen LogP contribution in [0, 0.1) is 0 Å². The number of aromatic nitrogens is 3. The number of carbonyl (C=O) groups is 1. The highest BCUT2D eigenvalue weighted by Gasteiger charge is 2.25. The number of anilines is 1. The Hall–Kier alpha value is -3.26. The van der Waals surface area contributed by atoms with E-state index in [1.54, 1.807) is 4.90 Å². The number of halogens is 2. The van der Waals surface area contributed by atoms with Gasteiger partial charge in [0.05, 0.1) is 11.1 Å². The molecule has 1 amide bonds. The van der Waals surface area contributed by atoms with E-state index in [1.165, 1.54) is 0 Å². The van der Waals surface area contributed by atoms with E-state index in [4.69, 9.17) is 28.2 Å². The molecule has 0 bridgehead atoms. The van der Waals surface area contributed by atoms with Gasteiger partial charge in [-0.15, -0.1) is 0 Å². The number of nitrogens with zero attached hydrogens (tertiary/aromatic N) is 5. The summed E-state index contributed by atoms with van der Waals surface area (Å²) in [4.78, 5) is 31.8. The summed E-state index contributed by atoms with van der Waals surface area (Å²) in [6, 6.07) is 17.3. The molecule has 1 N–H and O–H groups in total. The average Bonchev–Trinajstić information content (AvgIpc) is 2.88. The molecule has 1 aliphatic heterocycles. The number of pyridine rings is 1. The predicted molar refractivity (Wildman–Crippen MR) is 150 cm³/mol. The van der Waals surface area contributed by atoms with E-state index >= 15 is 0 Å². The van der Waals surface area contributed by atoms with Crippen LogP contribution in [0.2, 0.25) is 10.0 Å². The van der Waals surface area contributed by atoms with E-state index in [9.17, 15) is 4.79 Å². The van der Waals surface area contributed by atoms with Gasteiger partial charge in [0, 0.05) is 53.4 Å². The van der Waals surface area contributed by atoms with Crippen molar-refractivity contribution in [3.05, 3.63) is 70.5 Å². The number of piperazine rings is 1. The zero-order valence-corrected chi connectivity index (χ0v) is 22.5. The zero-order valence-electron chi connectivity index (χ0n) is 21.0. The molecule has 0 spiro atoms. The molecule has 0 atom stereocenters. The second-order valence-corrected chi connectivity index (χ2v) is 10.4. The zero-order chi connectivity index (χ0) is 26.1. The Kier molecular flexibility index (Phi) is 7.29. The highest BCUT2D eigenvalue weighted by Crippen LogP contribution is 2.38. The first-order valence-electron chi connectivity index (χ1n) is 12.3. The molecule has 0 unspecified atom stereocenters. The lowest BCUT2D eigenvalue weighted by molar-refractivity contribution is 0.0652. The van der Waals surface area contributed by atoms with Crippen LogP contribution < -0.4 is 5.32 Å². The minimum atomic E-state index is -0.190. The lowest BCUT2D eigenvalue weighted by Gasteiger charge is -2.32. The van der Waals surface area contributed by atoms with Crippen LogP contribution in [0.15, 0.2) is 54.6 Å². The summed E-state index contributed by atoms with van der Waals surface area (Å²) in [6.45, 7) is 6.96. The molecule has 2 aromatic heterocycles. The molecule has 9 heteroatoms. The molecule has 4 aromatic rings. The molecule has 2 aromatic carbocycles. The molecule has 3 heterocycles. The molecule has 1 fully saturated rings. The summed E-state index contributed by atoms with van der Waals surface area (Å²) >= 11 is 12.8. The standard InChI is InChI=1S/C28H28Cl2N6O/c1-17(2)31-25-22-16-21(18-8-10-19(29)11-9-18)24(20-6-4-5-7-23(20)30)32-26(22)34-27(33-25)28(37)36-14-12-35(3)13-15-36/h4-11,16-17H,12-15H2,1-3H3,(H,31,32,33,34). The van der Waals surface area contributed by atoms with E-state index in [1.807, 2.05) is 68.4 Å². The van der Waals surface area contributed by atoms with Gasteiger partial charge >= 0.3 is 0 Å². The first-order valence-corrected chi connectivity index (χ1v) is 13.0. The third kappa shape index (κ3) is 5.39. The smallest absolute Gasteiger partial charge is 0.291 e. The van der Waals surface area contributed by atoms with E-state index in [-0.39, 0.29) is 17.8 Å². The van der Waals surface area contributed by atoms with Crippen molar-refractivity contribution >= 4 is 46.0 Å². The van der Waals surface area contributed by atoms with Gasteiger partial charge < -0.3 is 15.1 Å². The van der Waals surface area contributed by atoms with E-state index in [0.717, 1.165) is 35.2 Å². The maximum atomic E-state index is 13.4. The SMILES string of the molecule is CC(C)Nc1nc(C(=O)N2CCN(C)CC2)nc2nc(-c3ccccc3Cl)c(-c3ccc(Cl)cc3)cc12. The summed E-state index contributed by atoms with van der Waals surface area (Å²) in [5.41, 5.74) is 3.68. The van der Waals surface area contributed by atoms with Crippen LogP contribution in [-0.4, -0.2) is 69.9 Å². The van der Waals surface area contributed by atoms with Gasteiger partial charge in [0.25, 0.3) is 5.91 Å². The van der Waals surface area contributed by atoms with Crippen molar-refractivity contribution < 1.29 is 4.79 Å². The van der Waals surface area contributed by atoms with Crippen molar-refractivity contribution in [3.63, 3.8) is 0 Å². The topological polar surface area (TPSA) is 74.2 Å². The Morgan fingerprint density at radius 1 is 0.919 bits per heavy atom. The van der Waals surface area contributed by atoms with Crippen LogP contribution in [0.4, 0.5) is 5.82 Å². The van der Waals surface area contributed by atoms with Gasteiger partial charge in [0.2, 0.25) is 5.82 Å². The van der Waals surface area contributed by atoms with Gasteiger partial charge in [-0.1, -0.05) is 53.5 Å². The van der Waals surface area contributed by atoms with Gasteiger partial charge in [0.15, 0.2) is 5.65 Å². The van der Waals surface area contributed by atoms with Gasteiger partial charge in [-0.3, -0.25) is 4.79 Å². The van der Waals surface area contributed by atoms with Crippen molar-refractivity contribution in [2.45, 2.75) is 19.9 Å². The second kappa shape index (κ2) is 10.6. The molecular formula is C28H28Cl2N6O. The Labute approximate surface area is 226 Å². The van der Waals surface area contributed by atoms with Crippen LogP contribution in [0.1, 0.15) is 24.5 Å². The molecule has 1 aliphatic rings. The third-order valence-corrected chi connectivity index (χ3v) is 6.96. The van der Waals surface area contributed by atoms with E-state index < -0.39 is 0 Å². The summed E-state index contributed by atoms with van der Waals surface area (Å²) in [5, 5.41) is 5.34. The number of amides is 1. The van der Waals surface area contributed by atoms with Crippen molar-refractivity contribution in [2.75, 3.05) is 38.5 Å². The number of fused-ring (bicyclic) bond motifs is 1. The molecule has 5 rings (SSSR count). The quantitative estimate of drug-likeness (QED) is 0.345. The van der Waals surface area contributed by atoms with Crippen LogP contribution in [-0.2, 0) is 0 Å². The molecule has 190 valence electrons.